The van der Waals surface area contributed by atoms with Gasteiger partial charge in [-0.05, 0) is 49.8 Å². The van der Waals surface area contributed by atoms with Gasteiger partial charge in [0.25, 0.3) is 0 Å². The average molecular weight is 590 g/mol. The first-order valence-corrected chi connectivity index (χ1v) is 15.1. The number of fused-ring (bicyclic) bond motifs is 1. The number of esters is 2. The SMILES string of the molecule is CCOC(=O)C1=C(c2ccccc2)N=C2SC=C(CC(=O)N3CCC[C@H](C(=O)OCC)C3)N2[C@H]1c1ccc(OC)cc1. The number of methoxy groups -OCH3 is 1. The fourth-order valence-electron chi connectivity index (χ4n) is 5.51. The number of carbonyl (C=O) groups is 3. The number of ether oxygens (including phenoxy) is 3. The molecule has 3 aliphatic rings. The quantitative estimate of drug-likeness (QED) is 0.370. The van der Waals surface area contributed by atoms with E-state index in [0.29, 0.717) is 48.3 Å². The fourth-order valence-corrected chi connectivity index (χ4v) is 6.43. The minimum Gasteiger partial charge on any atom is -0.497 e. The van der Waals surface area contributed by atoms with Crippen molar-refractivity contribution in [3.63, 3.8) is 0 Å². The Kier molecular flexibility index (Phi) is 9.31. The molecule has 0 N–H and O–H groups in total. The van der Waals surface area contributed by atoms with Gasteiger partial charge in [-0.3, -0.25) is 9.59 Å². The van der Waals surface area contributed by atoms with Crippen molar-refractivity contribution in [2.45, 2.75) is 39.2 Å². The summed E-state index contributed by atoms with van der Waals surface area (Å²) in [6.45, 7) is 5.02. The Morgan fingerprint density at radius 2 is 1.74 bits per heavy atom. The zero-order valence-corrected chi connectivity index (χ0v) is 24.9. The summed E-state index contributed by atoms with van der Waals surface area (Å²) >= 11 is 1.42. The standard InChI is InChI=1S/C32H35N3O6S/c1-4-40-30(37)23-12-9-17-34(19-23)26(36)18-24-20-42-32-33-28(21-10-7-6-8-11-21)27(31(38)41-5-2)29(35(24)32)22-13-15-25(39-3)16-14-22/h6-8,10-11,13-16,20,23,29H,4-5,9,12,17-19H2,1-3H3/t23-,29-/m0/s1. The van der Waals surface area contributed by atoms with Crippen molar-refractivity contribution in [2.75, 3.05) is 33.4 Å². The van der Waals surface area contributed by atoms with E-state index >= 15 is 0 Å². The molecule has 0 aromatic heterocycles. The number of amidine groups is 1. The first kappa shape index (κ1) is 29.4. The van der Waals surface area contributed by atoms with Gasteiger partial charge in [-0.25, -0.2) is 9.79 Å². The molecule has 2 aromatic carbocycles. The van der Waals surface area contributed by atoms with Crippen LogP contribution in [-0.4, -0.2) is 66.2 Å². The van der Waals surface area contributed by atoms with E-state index < -0.39 is 12.0 Å². The lowest BCUT2D eigenvalue weighted by Gasteiger charge is -2.37. The molecule has 220 valence electrons. The molecule has 0 unspecified atom stereocenters. The van der Waals surface area contributed by atoms with Gasteiger partial charge in [0.15, 0.2) is 5.17 Å². The van der Waals surface area contributed by atoms with Crippen molar-refractivity contribution >= 4 is 40.5 Å². The molecule has 0 radical (unpaired) electrons. The second-order valence-electron chi connectivity index (χ2n) is 10.1. The summed E-state index contributed by atoms with van der Waals surface area (Å²) in [5.41, 5.74) is 3.31. The molecule has 2 aromatic rings. The Labute approximate surface area is 250 Å². The molecule has 3 heterocycles. The molecule has 1 fully saturated rings. The molecular formula is C32H35N3O6S. The maximum absolute atomic E-state index is 13.7. The average Bonchev–Trinajstić information content (AvgIpc) is 3.43. The summed E-state index contributed by atoms with van der Waals surface area (Å²) in [7, 11) is 1.61. The van der Waals surface area contributed by atoms with Crippen LogP contribution in [0.3, 0.4) is 0 Å². The molecule has 1 amide bonds. The van der Waals surface area contributed by atoms with E-state index in [1.54, 1.807) is 25.9 Å². The van der Waals surface area contributed by atoms with Crippen LogP contribution < -0.4 is 4.74 Å². The summed E-state index contributed by atoms with van der Waals surface area (Å²) in [5, 5.41) is 2.60. The third-order valence-electron chi connectivity index (χ3n) is 7.51. The first-order chi connectivity index (χ1) is 20.4. The number of piperidine rings is 1. The molecule has 0 aliphatic carbocycles. The molecule has 9 nitrogen and oxygen atoms in total. The maximum Gasteiger partial charge on any atom is 0.338 e. The van der Waals surface area contributed by atoms with Crippen LogP contribution in [0.4, 0.5) is 0 Å². The van der Waals surface area contributed by atoms with Gasteiger partial charge in [-0.2, -0.15) is 0 Å². The van der Waals surface area contributed by atoms with E-state index in [-0.39, 0.29) is 30.8 Å². The zero-order valence-electron chi connectivity index (χ0n) is 24.1. The molecule has 0 saturated carbocycles. The van der Waals surface area contributed by atoms with Gasteiger partial charge in [0.05, 0.1) is 50.0 Å². The second-order valence-corrected chi connectivity index (χ2v) is 11.0. The summed E-state index contributed by atoms with van der Waals surface area (Å²) < 4.78 is 16.2. The maximum atomic E-state index is 13.7. The lowest BCUT2D eigenvalue weighted by molar-refractivity contribution is -0.151. The number of likely N-dealkylation sites (tertiary alicyclic amines) is 1. The molecule has 42 heavy (non-hydrogen) atoms. The van der Waals surface area contributed by atoms with Crippen molar-refractivity contribution in [3.8, 4) is 5.75 Å². The minimum absolute atomic E-state index is 0.0823. The third kappa shape index (κ3) is 6.09. The molecular weight excluding hydrogens is 554 g/mol. The summed E-state index contributed by atoms with van der Waals surface area (Å²) in [4.78, 5) is 48.3. The van der Waals surface area contributed by atoms with Crippen LogP contribution in [0, 0.1) is 5.92 Å². The van der Waals surface area contributed by atoms with Gasteiger partial charge >= 0.3 is 11.9 Å². The number of hydrogen-bond donors (Lipinski definition) is 0. The van der Waals surface area contributed by atoms with E-state index in [0.717, 1.165) is 23.2 Å². The van der Waals surface area contributed by atoms with Gasteiger partial charge in [0.2, 0.25) is 5.91 Å². The largest absolute Gasteiger partial charge is 0.497 e. The Morgan fingerprint density at radius 1 is 1.00 bits per heavy atom. The molecule has 10 heteroatoms. The minimum atomic E-state index is -0.583. The van der Waals surface area contributed by atoms with E-state index in [2.05, 4.69) is 0 Å². The van der Waals surface area contributed by atoms with Crippen LogP contribution in [0.25, 0.3) is 5.70 Å². The molecule has 2 atom stereocenters. The molecule has 1 saturated heterocycles. The van der Waals surface area contributed by atoms with Crippen LogP contribution in [0.2, 0.25) is 0 Å². The highest BCUT2D eigenvalue weighted by Gasteiger charge is 2.43. The Balaban J connectivity index is 1.51. The van der Waals surface area contributed by atoms with Crippen molar-refractivity contribution in [1.82, 2.24) is 9.80 Å². The lowest BCUT2D eigenvalue weighted by atomic mass is 9.91. The van der Waals surface area contributed by atoms with E-state index in [1.165, 1.54) is 11.8 Å². The molecule has 3 aliphatic heterocycles. The Bertz CT molecular complexity index is 1420. The molecule has 0 spiro atoms. The number of rotatable bonds is 9. The summed E-state index contributed by atoms with van der Waals surface area (Å²) in [6, 6.07) is 16.6. The topological polar surface area (TPSA) is 97.7 Å². The van der Waals surface area contributed by atoms with E-state index in [1.807, 2.05) is 64.9 Å². The number of benzene rings is 2. The lowest BCUT2D eigenvalue weighted by Crippen LogP contribution is -2.44. The van der Waals surface area contributed by atoms with Crippen LogP contribution >= 0.6 is 11.8 Å². The van der Waals surface area contributed by atoms with E-state index in [9.17, 15) is 14.4 Å². The highest BCUT2D eigenvalue weighted by Crippen LogP contribution is 2.47. The van der Waals surface area contributed by atoms with Crippen molar-refractivity contribution < 1.29 is 28.6 Å². The Hall–Kier alpha value is -4.05. The van der Waals surface area contributed by atoms with Gasteiger partial charge in [-0.1, -0.05) is 54.2 Å². The number of amides is 1. The predicted octanol–water partition coefficient (Wildman–Crippen LogP) is 5.16. The number of nitrogens with zero attached hydrogens (tertiary/aromatic N) is 3. The molecule has 5 rings (SSSR count). The zero-order chi connectivity index (χ0) is 29.6. The normalized spacial score (nSPS) is 20.0. The van der Waals surface area contributed by atoms with Gasteiger partial charge in [-0.15, -0.1) is 0 Å². The van der Waals surface area contributed by atoms with Gasteiger partial charge in [0.1, 0.15) is 5.75 Å². The van der Waals surface area contributed by atoms with Gasteiger partial charge in [0, 0.05) is 24.4 Å². The summed E-state index contributed by atoms with van der Waals surface area (Å²) in [5.74, 6) is -0.429. The van der Waals surface area contributed by atoms with Crippen LogP contribution in [0.15, 0.2) is 76.3 Å². The number of thioether (sulfide) groups is 1. The smallest absolute Gasteiger partial charge is 0.338 e. The predicted molar refractivity (Wildman–Crippen MR) is 161 cm³/mol. The fraction of sp³-hybridized carbons (Fsp3) is 0.375. The number of hydrogen-bond acceptors (Lipinski definition) is 9. The van der Waals surface area contributed by atoms with Crippen LogP contribution in [-0.2, 0) is 23.9 Å². The summed E-state index contributed by atoms with van der Waals surface area (Å²) in [6.07, 6.45) is 1.55. The number of carbonyl (C=O) groups excluding carboxylic acids is 3. The monoisotopic (exact) mass is 589 g/mol. The second kappa shape index (κ2) is 13.3. The number of aliphatic imine (C=N–C) groups is 1. The van der Waals surface area contributed by atoms with Crippen LogP contribution in [0.1, 0.15) is 50.3 Å². The van der Waals surface area contributed by atoms with Crippen molar-refractivity contribution in [1.29, 1.82) is 0 Å². The van der Waals surface area contributed by atoms with Gasteiger partial charge < -0.3 is 24.0 Å². The molecule has 0 bridgehead atoms. The first-order valence-electron chi connectivity index (χ1n) is 14.2. The third-order valence-corrected chi connectivity index (χ3v) is 8.40. The van der Waals surface area contributed by atoms with E-state index in [4.69, 9.17) is 19.2 Å². The van der Waals surface area contributed by atoms with Crippen molar-refractivity contribution in [3.05, 3.63) is 82.4 Å². The highest BCUT2D eigenvalue weighted by atomic mass is 32.2. The van der Waals surface area contributed by atoms with Crippen molar-refractivity contribution in [2.24, 2.45) is 10.9 Å². The Morgan fingerprint density at radius 3 is 2.43 bits per heavy atom. The highest BCUT2D eigenvalue weighted by molar-refractivity contribution is 8.16. The van der Waals surface area contributed by atoms with Crippen LogP contribution in [0.5, 0.6) is 5.75 Å².